The van der Waals surface area contributed by atoms with Gasteiger partial charge in [-0.3, -0.25) is 4.99 Å². The number of aliphatic imine (C=N–C) groups is 1. The van der Waals surface area contributed by atoms with Gasteiger partial charge in [-0.1, -0.05) is 43.3 Å². The maximum Gasteiger partial charge on any atom is 0.125 e. The summed E-state index contributed by atoms with van der Waals surface area (Å²) in [6.07, 6.45) is 1.02. The van der Waals surface area contributed by atoms with Crippen molar-refractivity contribution in [3.63, 3.8) is 0 Å². The molecule has 0 aliphatic rings. The molecule has 82 valence electrons. The van der Waals surface area contributed by atoms with E-state index >= 15 is 0 Å². The predicted octanol–water partition coefficient (Wildman–Crippen LogP) is 2.96. The summed E-state index contributed by atoms with van der Waals surface area (Å²) in [7, 11) is 0. The highest BCUT2D eigenvalue weighted by atomic mass is 14.8. The second kappa shape index (κ2) is 4.79. The van der Waals surface area contributed by atoms with Crippen LogP contribution in [0.25, 0.3) is 10.8 Å². The summed E-state index contributed by atoms with van der Waals surface area (Å²) in [5.41, 5.74) is 6.93. The van der Waals surface area contributed by atoms with Gasteiger partial charge in [0.05, 0.1) is 0 Å². The molecule has 0 aliphatic heterocycles. The largest absolute Gasteiger partial charge is 0.384 e. The van der Waals surface area contributed by atoms with Gasteiger partial charge in [-0.05, 0) is 23.3 Å². The van der Waals surface area contributed by atoms with Crippen molar-refractivity contribution in [1.29, 1.82) is 0 Å². The highest BCUT2D eigenvalue weighted by Gasteiger charge is 1.99. The predicted molar refractivity (Wildman–Crippen MR) is 69.8 cm³/mol. The smallest absolute Gasteiger partial charge is 0.125 e. The van der Waals surface area contributed by atoms with E-state index in [9.17, 15) is 0 Å². The van der Waals surface area contributed by atoms with Crippen LogP contribution in [0.3, 0.4) is 0 Å². The van der Waals surface area contributed by atoms with Crippen LogP contribution < -0.4 is 5.73 Å². The van der Waals surface area contributed by atoms with Crippen molar-refractivity contribution in [1.82, 2.24) is 0 Å². The van der Waals surface area contributed by atoms with Gasteiger partial charge in [0.15, 0.2) is 0 Å². The van der Waals surface area contributed by atoms with Crippen molar-refractivity contribution in [2.45, 2.75) is 13.3 Å². The molecular formula is C14H16N2. The Labute approximate surface area is 95.8 Å². The van der Waals surface area contributed by atoms with E-state index in [0.717, 1.165) is 18.5 Å². The first kappa shape index (κ1) is 10.7. The normalized spacial score (nSPS) is 11.9. The molecule has 0 saturated carbocycles. The van der Waals surface area contributed by atoms with Gasteiger partial charge in [0.2, 0.25) is 0 Å². The van der Waals surface area contributed by atoms with Crippen molar-refractivity contribution >= 4 is 16.6 Å². The van der Waals surface area contributed by atoms with Gasteiger partial charge in [0.25, 0.3) is 0 Å². The van der Waals surface area contributed by atoms with Crippen LogP contribution in [-0.2, 0) is 0 Å². The Morgan fingerprint density at radius 1 is 1.12 bits per heavy atom. The lowest BCUT2D eigenvalue weighted by molar-refractivity contribution is 0.930. The molecule has 2 aromatic rings. The molecule has 0 bridgehead atoms. The van der Waals surface area contributed by atoms with Crippen molar-refractivity contribution in [3.8, 4) is 0 Å². The van der Waals surface area contributed by atoms with E-state index in [2.05, 4.69) is 36.2 Å². The van der Waals surface area contributed by atoms with Gasteiger partial charge < -0.3 is 5.73 Å². The minimum Gasteiger partial charge on any atom is -0.384 e. The van der Waals surface area contributed by atoms with E-state index in [0.29, 0.717) is 5.84 Å². The molecule has 0 spiro atoms. The van der Waals surface area contributed by atoms with Gasteiger partial charge in [-0.25, -0.2) is 0 Å². The Morgan fingerprint density at radius 3 is 2.62 bits per heavy atom. The minimum atomic E-state index is 0.632. The number of nitrogens with two attached hydrogens (primary N) is 1. The highest BCUT2D eigenvalue weighted by Crippen LogP contribution is 2.15. The lowest BCUT2D eigenvalue weighted by atomic mass is 10.1. The van der Waals surface area contributed by atoms with E-state index in [1.54, 1.807) is 0 Å². The zero-order valence-electron chi connectivity index (χ0n) is 9.48. The summed E-state index contributed by atoms with van der Waals surface area (Å²) in [6, 6.07) is 14.5. The van der Waals surface area contributed by atoms with Gasteiger partial charge in [-0.2, -0.15) is 0 Å². The Bertz CT molecular complexity index is 515. The third-order valence-electron chi connectivity index (χ3n) is 2.55. The fourth-order valence-corrected chi connectivity index (χ4v) is 1.67. The molecule has 0 aliphatic carbocycles. The lowest BCUT2D eigenvalue weighted by Crippen LogP contribution is -2.13. The van der Waals surface area contributed by atoms with Crippen molar-refractivity contribution in [2.24, 2.45) is 10.7 Å². The fourth-order valence-electron chi connectivity index (χ4n) is 1.67. The van der Waals surface area contributed by atoms with Crippen molar-refractivity contribution < 1.29 is 0 Å². The standard InChI is InChI=1S/C14H16N2/c1-2-9-16-14(15)13-8-7-11-5-3-4-6-12(11)10-13/h3-8,10H,2,9H2,1H3,(H2,15,16). The summed E-state index contributed by atoms with van der Waals surface area (Å²) >= 11 is 0. The van der Waals surface area contributed by atoms with Crippen LogP contribution in [0.4, 0.5) is 0 Å². The van der Waals surface area contributed by atoms with E-state index in [4.69, 9.17) is 5.73 Å². The number of nitrogens with zero attached hydrogens (tertiary/aromatic N) is 1. The van der Waals surface area contributed by atoms with Crippen LogP contribution in [0.15, 0.2) is 47.5 Å². The van der Waals surface area contributed by atoms with Crippen LogP contribution in [0.2, 0.25) is 0 Å². The maximum absolute atomic E-state index is 5.92. The summed E-state index contributed by atoms with van der Waals surface area (Å²) in [4.78, 5) is 4.31. The molecule has 0 saturated heterocycles. The van der Waals surface area contributed by atoms with E-state index in [-0.39, 0.29) is 0 Å². The van der Waals surface area contributed by atoms with Crippen LogP contribution >= 0.6 is 0 Å². The Kier molecular flexibility index (Phi) is 3.20. The summed E-state index contributed by atoms with van der Waals surface area (Å²) in [6.45, 7) is 2.88. The second-order valence-electron chi connectivity index (χ2n) is 3.83. The molecule has 0 radical (unpaired) electrons. The molecule has 2 N–H and O–H groups in total. The van der Waals surface area contributed by atoms with Gasteiger partial charge in [0, 0.05) is 12.1 Å². The number of fused-ring (bicyclic) bond motifs is 1. The first-order valence-corrected chi connectivity index (χ1v) is 5.60. The van der Waals surface area contributed by atoms with Crippen molar-refractivity contribution in [3.05, 3.63) is 48.0 Å². The highest BCUT2D eigenvalue weighted by molar-refractivity contribution is 6.00. The quantitative estimate of drug-likeness (QED) is 0.616. The monoisotopic (exact) mass is 212 g/mol. The molecule has 0 unspecified atom stereocenters. The first-order valence-electron chi connectivity index (χ1n) is 5.60. The Hall–Kier alpha value is -1.83. The Morgan fingerprint density at radius 2 is 1.88 bits per heavy atom. The van der Waals surface area contributed by atoms with Crippen LogP contribution in [0.5, 0.6) is 0 Å². The molecule has 0 heterocycles. The molecule has 2 nitrogen and oxygen atoms in total. The lowest BCUT2D eigenvalue weighted by Gasteiger charge is -2.03. The summed E-state index contributed by atoms with van der Waals surface area (Å²) < 4.78 is 0. The number of hydrogen-bond acceptors (Lipinski definition) is 1. The SMILES string of the molecule is CCCN=C(N)c1ccc2ccccc2c1. The van der Waals surface area contributed by atoms with Crippen LogP contribution in [0, 0.1) is 0 Å². The fraction of sp³-hybridized carbons (Fsp3) is 0.214. The molecular weight excluding hydrogens is 196 g/mol. The molecule has 2 heteroatoms. The zero-order valence-corrected chi connectivity index (χ0v) is 9.48. The molecule has 2 aromatic carbocycles. The van der Waals surface area contributed by atoms with E-state index < -0.39 is 0 Å². The maximum atomic E-state index is 5.92. The first-order chi connectivity index (χ1) is 7.81. The average Bonchev–Trinajstić information content (AvgIpc) is 2.35. The number of amidine groups is 1. The topological polar surface area (TPSA) is 38.4 Å². The average molecular weight is 212 g/mol. The number of rotatable bonds is 3. The molecule has 0 fully saturated rings. The molecule has 0 atom stereocenters. The third-order valence-corrected chi connectivity index (χ3v) is 2.55. The number of benzene rings is 2. The Balaban J connectivity index is 2.39. The number of hydrogen-bond donors (Lipinski definition) is 1. The van der Waals surface area contributed by atoms with Gasteiger partial charge >= 0.3 is 0 Å². The zero-order chi connectivity index (χ0) is 11.4. The van der Waals surface area contributed by atoms with Gasteiger partial charge in [-0.15, -0.1) is 0 Å². The van der Waals surface area contributed by atoms with E-state index in [1.165, 1.54) is 10.8 Å². The minimum absolute atomic E-state index is 0.632. The summed E-state index contributed by atoms with van der Waals surface area (Å²) in [5.74, 6) is 0.632. The summed E-state index contributed by atoms with van der Waals surface area (Å²) in [5, 5.41) is 2.43. The molecule has 0 aromatic heterocycles. The van der Waals surface area contributed by atoms with Crippen molar-refractivity contribution in [2.75, 3.05) is 6.54 Å². The van der Waals surface area contributed by atoms with Crippen LogP contribution in [-0.4, -0.2) is 12.4 Å². The van der Waals surface area contributed by atoms with E-state index in [1.807, 2.05) is 18.2 Å². The molecule has 2 rings (SSSR count). The molecule has 16 heavy (non-hydrogen) atoms. The van der Waals surface area contributed by atoms with Gasteiger partial charge in [0.1, 0.15) is 5.84 Å². The third kappa shape index (κ3) is 2.22. The second-order valence-corrected chi connectivity index (χ2v) is 3.83. The van der Waals surface area contributed by atoms with Crippen LogP contribution in [0.1, 0.15) is 18.9 Å². The molecule has 0 amide bonds.